The standard InChI is InChI=1S/C28H41FN4O8/c1-3-20-23(18-41-27-21-17-24(36-2)22(26(31)34)16-19(21)4-6-32-27)33(28(35)25(20)29)7-9-38-11-13-40-15-14-39-12-10-37-8-5-30/h4,6,16-17,20,23,25H,3,5,7-15,18,30H2,1-2H3,(H2,31,34)/t20-,23+,25-/m0/s1. The molecule has 3 atom stereocenters. The van der Waals surface area contributed by atoms with Crippen LogP contribution >= 0.6 is 0 Å². The summed E-state index contributed by atoms with van der Waals surface area (Å²) in [4.78, 5) is 30.4. The van der Waals surface area contributed by atoms with Gasteiger partial charge < -0.3 is 44.8 Å². The third-order valence-electron chi connectivity index (χ3n) is 6.82. The molecule has 3 rings (SSSR count). The highest BCUT2D eigenvalue weighted by atomic mass is 19.1. The van der Waals surface area contributed by atoms with Crippen LogP contribution in [0.4, 0.5) is 4.39 Å². The molecule has 1 fully saturated rings. The Morgan fingerprint density at radius 1 is 1.02 bits per heavy atom. The molecule has 2 heterocycles. The Balaban J connectivity index is 1.50. The van der Waals surface area contributed by atoms with Crippen LogP contribution in [0, 0.1) is 5.92 Å². The number of amides is 2. The predicted octanol–water partition coefficient (Wildman–Crippen LogP) is 1.32. The lowest BCUT2D eigenvalue weighted by Crippen LogP contribution is -2.41. The van der Waals surface area contributed by atoms with Gasteiger partial charge >= 0.3 is 0 Å². The molecule has 0 radical (unpaired) electrons. The zero-order valence-corrected chi connectivity index (χ0v) is 23.7. The number of nitrogens with zero attached hydrogens (tertiary/aromatic N) is 2. The summed E-state index contributed by atoms with van der Waals surface area (Å²) in [5.41, 5.74) is 11.0. The van der Waals surface area contributed by atoms with E-state index in [2.05, 4.69) is 4.98 Å². The number of likely N-dealkylation sites (tertiary alicyclic amines) is 1. The van der Waals surface area contributed by atoms with E-state index in [0.717, 1.165) is 0 Å². The summed E-state index contributed by atoms with van der Waals surface area (Å²) in [6, 6.07) is 4.46. The number of halogens is 1. The highest BCUT2D eigenvalue weighted by Crippen LogP contribution is 2.34. The van der Waals surface area contributed by atoms with Crippen LogP contribution < -0.4 is 20.9 Å². The van der Waals surface area contributed by atoms with Crippen molar-refractivity contribution in [1.82, 2.24) is 9.88 Å². The Bertz CT molecular complexity index is 1120. The number of aromatic nitrogens is 1. The molecule has 2 aromatic rings. The van der Waals surface area contributed by atoms with Crippen molar-refractivity contribution >= 4 is 22.6 Å². The number of pyridine rings is 1. The molecule has 41 heavy (non-hydrogen) atoms. The summed E-state index contributed by atoms with van der Waals surface area (Å²) >= 11 is 0. The number of hydrogen-bond acceptors (Lipinski definition) is 10. The highest BCUT2D eigenvalue weighted by Gasteiger charge is 2.47. The number of hydrogen-bond donors (Lipinski definition) is 2. The Morgan fingerprint density at radius 2 is 1.66 bits per heavy atom. The van der Waals surface area contributed by atoms with E-state index in [-0.39, 0.29) is 37.0 Å². The summed E-state index contributed by atoms with van der Waals surface area (Å²) in [5, 5.41) is 1.28. The summed E-state index contributed by atoms with van der Waals surface area (Å²) < 4.78 is 48.0. The van der Waals surface area contributed by atoms with Gasteiger partial charge in [0.25, 0.3) is 11.8 Å². The smallest absolute Gasteiger partial charge is 0.257 e. The molecule has 12 nitrogen and oxygen atoms in total. The van der Waals surface area contributed by atoms with E-state index < -0.39 is 29.9 Å². The molecule has 0 bridgehead atoms. The van der Waals surface area contributed by atoms with Crippen LogP contribution in [0.1, 0.15) is 23.7 Å². The maximum atomic E-state index is 14.9. The van der Waals surface area contributed by atoms with Crippen molar-refractivity contribution in [3.05, 3.63) is 30.0 Å². The van der Waals surface area contributed by atoms with Crippen molar-refractivity contribution < 1.29 is 42.4 Å². The lowest BCUT2D eigenvalue weighted by Gasteiger charge is -2.27. The molecule has 13 heteroatoms. The number of carbonyl (C=O) groups is 2. The normalized spacial score (nSPS) is 18.8. The lowest BCUT2D eigenvalue weighted by atomic mass is 9.96. The van der Waals surface area contributed by atoms with E-state index in [1.165, 1.54) is 12.0 Å². The fraction of sp³-hybridized carbons (Fsp3) is 0.607. The van der Waals surface area contributed by atoms with E-state index in [1.54, 1.807) is 24.4 Å². The SMILES string of the molecule is CC[C@@H]1[C@H](F)C(=O)N(CCOCCOCCOCCOCCN)[C@@H]1COc1nccc2cc(C(N)=O)c(OC)cc12. The zero-order chi connectivity index (χ0) is 29.6. The number of nitrogens with two attached hydrogens (primary N) is 2. The van der Waals surface area contributed by atoms with Crippen molar-refractivity contribution in [2.75, 3.05) is 79.7 Å². The van der Waals surface area contributed by atoms with Gasteiger partial charge in [0.1, 0.15) is 12.4 Å². The molecule has 1 aromatic heterocycles. The minimum atomic E-state index is -1.61. The zero-order valence-electron chi connectivity index (χ0n) is 23.7. The first kappa shape index (κ1) is 32.4. The molecule has 1 aromatic carbocycles. The second kappa shape index (κ2) is 17.0. The highest BCUT2D eigenvalue weighted by molar-refractivity contribution is 6.01. The fourth-order valence-electron chi connectivity index (χ4n) is 4.72. The lowest BCUT2D eigenvalue weighted by molar-refractivity contribution is -0.134. The predicted molar refractivity (Wildman–Crippen MR) is 149 cm³/mol. The molecule has 1 aliphatic rings. The van der Waals surface area contributed by atoms with Gasteiger partial charge in [-0.25, -0.2) is 9.37 Å². The molecule has 1 saturated heterocycles. The molecular formula is C28H41FN4O8. The van der Waals surface area contributed by atoms with Gasteiger partial charge in [-0.1, -0.05) is 6.92 Å². The number of alkyl halides is 1. The van der Waals surface area contributed by atoms with Crippen LogP contribution in [-0.4, -0.2) is 114 Å². The number of carbonyl (C=O) groups excluding carboxylic acids is 2. The van der Waals surface area contributed by atoms with Gasteiger partial charge in [0, 0.05) is 30.6 Å². The van der Waals surface area contributed by atoms with Gasteiger partial charge in [-0.3, -0.25) is 9.59 Å². The van der Waals surface area contributed by atoms with Crippen LogP contribution in [0.3, 0.4) is 0 Å². The molecular weight excluding hydrogens is 539 g/mol. The summed E-state index contributed by atoms with van der Waals surface area (Å²) in [6.07, 6.45) is 0.393. The van der Waals surface area contributed by atoms with Crippen molar-refractivity contribution in [2.45, 2.75) is 25.6 Å². The van der Waals surface area contributed by atoms with Crippen molar-refractivity contribution in [1.29, 1.82) is 0 Å². The average molecular weight is 581 g/mol. The average Bonchev–Trinajstić information content (AvgIpc) is 3.21. The second-order valence-electron chi connectivity index (χ2n) is 9.38. The Hall–Kier alpha value is -3.10. The van der Waals surface area contributed by atoms with Gasteiger partial charge in [-0.15, -0.1) is 0 Å². The van der Waals surface area contributed by atoms with Crippen LogP contribution in [0.2, 0.25) is 0 Å². The van der Waals surface area contributed by atoms with Crippen LogP contribution in [0.25, 0.3) is 10.8 Å². The first-order valence-corrected chi connectivity index (χ1v) is 13.8. The van der Waals surface area contributed by atoms with Gasteiger partial charge in [-0.2, -0.15) is 0 Å². The van der Waals surface area contributed by atoms with Crippen LogP contribution in [-0.2, 0) is 23.7 Å². The van der Waals surface area contributed by atoms with Gasteiger partial charge in [0.2, 0.25) is 5.88 Å². The number of fused-ring (bicyclic) bond motifs is 1. The molecule has 228 valence electrons. The van der Waals surface area contributed by atoms with Crippen LogP contribution in [0.5, 0.6) is 11.6 Å². The largest absolute Gasteiger partial charge is 0.496 e. The number of primary amides is 1. The van der Waals surface area contributed by atoms with Gasteiger partial charge in [0.15, 0.2) is 6.17 Å². The monoisotopic (exact) mass is 580 g/mol. The topological polar surface area (TPSA) is 158 Å². The third-order valence-corrected chi connectivity index (χ3v) is 6.82. The molecule has 0 spiro atoms. The van der Waals surface area contributed by atoms with Crippen molar-refractivity contribution in [3.63, 3.8) is 0 Å². The number of methoxy groups -OCH3 is 1. The van der Waals surface area contributed by atoms with Gasteiger partial charge in [-0.05, 0) is 30.0 Å². The molecule has 4 N–H and O–H groups in total. The molecule has 0 aliphatic carbocycles. The quantitative estimate of drug-likeness (QED) is 0.219. The first-order chi connectivity index (χ1) is 19.9. The first-order valence-electron chi connectivity index (χ1n) is 13.8. The summed E-state index contributed by atoms with van der Waals surface area (Å²) in [5.74, 6) is -1.15. The Morgan fingerprint density at radius 3 is 2.24 bits per heavy atom. The number of benzene rings is 1. The number of rotatable bonds is 20. The summed E-state index contributed by atoms with van der Waals surface area (Å²) in [7, 11) is 1.44. The maximum absolute atomic E-state index is 14.9. The Labute approximate surface area is 239 Å². The van der Waals surface area contributed by atoms with Gasteiger partial charge in [0.05, 0.1) is 71.6 Å². The summed E-state index contributed by atoms with van der Waals surface area (Å²) in [6.45, 7) is 5.84. The van der Waals surface area contributed by atoms with E-state index >= 15 is 0 Å². The molecule has 2 amide bonds. The second-order valence-corrected chi connectivity index (χ2v) is 9.38. The molecule has 0 unspecified atom stereocenters. The van der Waals surface area contributed by atoms with E-state index in [9.17, 15) is 14.0 Å². The fourth-order valence-corrected chi connectivity index (χ4v) is 4.72. The van der Waals surface area contributed by atoms with E-state index in [0.29, 0.717) is 70.0 Å². The third kappa shape index (κ3) is 8.94. The minimum absolute atomic E-state index is 0.0387. The van der Waals surface area contributed by atoms with Crippen molar-refractivity contribution in [2.24, 2.45) is 17.4 Å². The maximum Gasteiger partial charge on any atom is 0.257 e. The Kier molecular flexibility index (Phi) is 13.4. The van der Waals surface area contributed by atoms with E-state index in [1.807, 2.05) is 6.92 Å². The molecule has 1 aliphatic heterocycles. The van der Waals surface area contributed by atoms with Crippen LogP contribution in [0.15, 0.2) is 24.4 Å². The van der Waals surface area contributed by atoms with Crippen molar-refractivity contribution in [3.8, 4) is 11.6 Å². The number of ether oxygens (including phenoxy) is 6. The minimum Gasteiger partial charge on any atom is -0.496 e. The molecule has 0 saturated carbocycles. The van der Waals surface area contributed by atoms with E-state index in [4.69, 9.17) is 39.9 Å².